The molecule has 5 nitrogen and oxygen atoms in total. The van der Waals surface area contributed by atoms with E-state index in [0.29, 0.717) is 6.04 Å². The number of nitrogens with one attached hydrogen (secondary N) is 1. The predicted octanol–water partition coefficient (Wildman–Crippen LogP) is 2.52. The minimum absolute atomic E-state index is 0.0910. The average Bonchev–Trinajstić information content (AvgIpc) is 3.02. The molecule has 1 N–H and O–H groups in total. The molecule has 1 atom stereocenters. The molecule has 1 saturated heterocycles. The van der Waals surface area contributed by atoms with E-state index in [1.807, 2.05) is 31.2 Å². The Morgan fingerprint density at radius 1 is 1.16 bits per heavy atom. The van der Waals surface area contributed by atoms with Crippen molar-refractivity contribution in [1.82, 2.24) is 10.2 Å². The van der Waals surface area contributed by atoms with Crippen molar-refractivity contribution >= 4 is 11.6 Å². The third-order valence-electron chi connectivity index (χ3n) is 5.52. The van der Waals surface area contributed by atoms with Crippen molar-refractivity contribution in [2.75, 3.05) is 31.1 Å². The lowest BCUT2D eigenvalue weighted by molar-refractivity contribution is -0.126. The van der Waals surface area contributed by atoms with Crippen molar-refractivity contribution in [2.45, 2.75) is 51.1 Å². The highest BCUT2D eigenvalue weighted by molar-refractivity contribution is 5.81. The summed E-state index contributed by atoms with van der Waals surface area (Å²) in [5.41, 5.74) is 1.73. The average molecular weight is 340 g/mol. The molecule has 0 bridgehead atoms. The van der Waals surface area contributed by atoms with Gasteiger partial charge in [-0.2, -0.15) is 5.26 Å². The van der Waals surface area contributed by atoms with Crippen molar-refractivity contribution in [2.24, 2.45) is 0 Å². The summed E-state index contributed by atoms with van der Waals surface area (Å²) in [7, 11) is 0. The van der Waals surface area contributed by atoms with Gasteiger partial charge in [0.2, 0.25) is 5.91 Å². The van der Waals surface area contributed by atoms with E-state index >= 15 is 0 Å². The van der Waals surface area contributed by atoms with Crippen LogP contribution >= 0.6 is 0 Å². The summed E-state index contributed by atoms with van der Waals surface area (Å²) in [6.07, 6.45) is 5.71. The van der Waals surface area contributed by atoms with Gasteiger partial charge in [-0.3, -0.25) is 9.69 Å². The van der Waals surface area contributed by atoms with Crippen molar-refractivity contribution in [3.05, 3.63) is 29.8 Å². The molecule has 1 aromatic rings. The Balaban J connectivity index is 1.59. The highest BCUT2D eigenvalue weighted by Crippen LogP contribution is 2.22. The topological polar surface area (TPSA) is 59.4 Å². The Labute approximate surface area is 150 Å². The molecule has 3 rings (SSSR count). The first-order chi connectivity index (χ1) is 12.2. The second kappa shape index (κ2) is 8.35. The second-order valence-corrected chi connectivity index (χ2v) is 7.17. The smallest absolute Gasteiger partial charge is 0.237 e. The molecule has 1 amide bonds. The van der Waals surface area contributed by atoms with Crippen molar-refractivity contribution in [3.8, 4) is 6.07 Å². The Bertz CT molecular complexity index is 633. The van der Waals surface area contributed by atoms with Crippen LogP contribution in [0, 0.1) is 11.3 Å². The van der Waals surface area contributed by atoms with Gasteiger partial charge in [-0.05, 0) is 38.3 Å². The largest absolute Gasteiger partial charge is 0.369 e. The number of benzene rings is 1. The minimum Gasteiger partial charge on any atom is -0.369 e. The van der Waals surface area contributed by atoms with Crippen LogP contribution in [0.15, 0.2) is 24.3 Å². The molecule has 1 heterocycles. The maximum Gasteiger partial charge on any atom is 0.237 e. The summed E-state index contributed by atoms with van der Waals surface area (Å²) in [4.78, 5) is 17.1. The first-order valence-electron chi connectivity index (χ1n) is 9.47. The molecule has 1 aromatic carbocycles. The third-order valence-corrected chi connectivity index (χ3v) is 5.52. The number of hydrogen-bond acceptors (Lipinski definition) is 4. The van der Waals surface area contributed by atoms with Crippen molar-refractivity contribution < 1.29 is 4.79 Å². The molecule has 0 unspecified atom stereocenters. The molecular formula is C20H28N4O. The molecule has 5 heteroatoms. The number of amides is 1. The van der Waals surface area contributed by atoms with Crippen LogP contribution in [0.25, 0.3) is 0 Å². The molecular weight excluding hydrogens is 312 g/mol. The highest BCUT2D eigenvalue weighted by Gasteiger charge is 2.27. The summed E-state index contributed by atoms with van der Waals surface area (Å²) in [5.74, 6) is 0.165. The molecule has 0 aromatic heterocycles. The highest BCUT2D eigenvalue weighted by atomic mass is 16.2. The van der Waals surface area contributed by atoms with E-state index in [2.05, 4.69) is 21.2 Å². The fourth-order valence-electron chi connectivity index (χ4n) is 3.97. The Kier molecular flexibility index (Phi) is 5.93. The summed E-state index contributed by atoms with van der Waals surface area (Å²) >= 11 is 0. The van der Waals surface area contributed by atoms with Gasteiger partial charge in [-0.25, -0.2) is 0 Å². The fraction of sp³-hybridized carbons (Fsp3) is 0.600. The van der Waals surface area contributed by atoms with E-state index in [1.54, 1.807) is 0 Å². The molecule has 1 aliphatic heterocycles. The molecule has 0 radical (unpaired) electrons. The van der Waals surface area contributed by atoms with E-state index in [0.717, 1.165) is 56.7 Å². The van der Waals surface area contributed by atoms with Crippen LogP contribution in [0.2, 0.25) is 0 Å². The van der Waals surface area contributed by atoms with Crippen LogP contribution in [0.3, 0.4) is 0 Å². The number of nitriles is 1. The number of carbonyl (C=O) groups is 1. The number of anilines is 1. The lowest BCUT2D eigenvalue weighted by atomic mass is 10.1. The van der Waals surface area contributed by atoms with E-state index in [4.69, 9.17) is 0 Å². The van der Waals surface area contributed by atoms with Crippen LogP contribution in [-0.4, -0.2) is 49.1 Å². The van der Waals surface area contributed by atoms with Gasteiger partial charge >= 0.3 is 0 Å². The molecule has 25 heavy (non-hydrogen) atoms. The zero-order valence-corrected chi connectivity index (χ0v) is 15.1. The standard InChI is InChI=1S/C20H28N4O/c1-16(20(25)22-18-8-3-4-9-18)23-11-6-12-24(14-13-23)19-10-5-2-7-17(19)15-21/h2,5,7,10,16,18H,3-4,6,8-9,11-14H2,1H3,(H,22,25)/t16-/m0/s1. The van der Waals surface area contributed by atoms with Gasteiger partial charge in [-0.1, -0.05) is 25.0 Å². The zero-order chi connectivity index (χ0) is 17.6. The monoisotopic (exact) mass is 340 g/mol. The van der Waals surface area contributed by atoms with E-state index in [1.165, 1.54) is 12.8 Å². The van der Waals surface area contributed by atoms with Crippen molar-refractivity contribution in [3.63, 3.8) is 0 Å². The molecule has 2 fully saturated rings. The van der Waals surface area contributed by atoms with Gasteiger partial charge in [0.05, 0.1) is 17.3 Å². The van der Waals surface area contributed by atoms with E-state index in [9.17, 15) is 10.1 Å². The Morgan fingerprint density at radius 3 is 2.68 bits per heavy atom. The number of para-hydroxylation sites is 1. The second-order valence-electron chi connectivity index (χ2n) is 7.17. The summed E-state index contributed by atoms with van der Waals surface area (Å²) < 4.78 is 0. The lowest BCUT2D eigenvalue weighted by Crippen LogP contribution is -2.48. The van der Waals surface area contributed by atoms with Gasteiger partial charge in [0.25, 0.3) is 0 Å². The van der Waals surface area contributed by atoms with Crippen molar-refractivity contribution in [1.29, 1.82) is 5.26 Å². The molecule has 1 saturated carbocycles. The van der Waals surface area contributed by atoms with Gasteiger partial charge in [0, 0.05) is 32.2 Å². The fourth-order valence-corrected chi connectivity index (χ4v) is 3.97. The predicted molar refractivity (Wildman–Crippen MR) is 99.4 cm³/mol. The molecule has 0 spiro atoms. The normalized spacial score (nSPS) is 20.7. The van der Waals surface area contributed by atoms with Crippen LogP contribution in [-0.2, 0) is 4.79 Å². The van der Waals surface area contributed by atoms with E-state index in [-0.39, 0.29) is 11.9 Å². The zero-order valence-electron chi connectivity index (χ0n) is 15.1. The van der Waals surface area contributed by atoms with Gasteiger partial charge in [0.15, 0.2) is 0 Å². The van der Waals surface area contributed by atoms with Gasteiger partial charge in [0.1, 0.15) is 6.07 Å². The quantitative estimate of drug-likeness (QED) is 0.915. The summed E-state index contributed by atoms with van der Waals surface area (Å²) in [6, 6.07) is 10.3. The first-order valence-corrected chi connectivity index (χ1v) is 9.47. The lowest BCUT2D eigenvalue weighted by Gasteiger charge is -2.28. The molecule has 134 valence electrons. The van der Waals surface area contributed by atoms with Crippen LogP contribution in [0.4, 0.5) is 5.69 Å². The van der Waals surface area contributed by atoms with Crippen LogP contribution < -0.4 is 10.2 Å². The number of hydrogen-bond donors (Lipinski definition) is 1. The molecule has 2 aliphatic rings. The Hall–Kier alpha value is -2.06. The summed E-state index contributed by atoms with van der Waals surface area (Å²) in [5, 5.41) is 12.5. The Morgan fingerprint density at radius 2 is 1.92 bits per heavy atom. The minimum atomic E-state index is -0.0910. The number of carbonyl (C=O) groups excluding carboxylic acids is 1. The third kappa shape index (κ3) is 4.32. The summed E-state index contributed by atoms with van der Waals surface area (Å²) in [6.45, 7) is 5.55. The van der Waals surface area contributed by atoms with Crippen LogP contribution in [0.5, 0.6) is 0 Å². The van der Waals surface area contributed by atoms with Crippen LogP contribution in [0.1, 0.15) is 44.6 Å². The molecule has 1 aliphatic carbocycles. The SMILES string of the molecule is C[C@@H](C(=O)NC1CCCC1)N1CCCN(c2ccccc2C#N)CC1. The van der Waals surface area contributed by atoms with E-state index < -0.39 is 0 Å². The maximum atomic E-state index is 12.6. The number of nitrogens with zero attached hydrogens (tertiary/aromatic N) is 3. The maximum absolute atomic E-state index is 12.6. The number of rotatable bonds is 4. The first kappa shape index (κ1) is 17.8. The van der Waals surface area contributed by atoms with Gasteiger partial charge in [-0.15, -0.1) is 0 Å². The van der Waals surface area contributed by atoms with Gasteiger partial charge < -0.3 is 10.2 Å².